The Morgan fingerprint density at radius 3 is 2.61 bits per heavy atom. The van der Waals surface area contributed by atoms with E-state index in [1.165, 1.54) is 18.4 Å². The molecule has 0 saturated carbocycles. The monoisotopic (exact) mass is 524 g/mol. The first-order valence-electron chi connectivity index (χ1n) is 9.45. The number of rotatable bonds is 8. The minimum Gasteiger partial charge on any atom is -0.468 e. The third-order valence-electron chi connectivity index (χ3n) is 4.46. The standard InChI is InChI=1S/C21H21BrN2O5S2/c1-29-20(26)13-24-17-10-9-16(22)12-18(17)30-21(24)23-19(25)8-5-11-31(27,28)14-15-6-3-2-4-7-15/h2-4,6-7,9-10,12H,5,8,11,13-14H2,1H3. The number of carbonyl (C=O) groups excluding carboxylic acids is 2. The number of aromatic nitrogens is 1. The van der Waals surface area contributed by atoms with Gasteiger partial charge in [-0.3, -0.25) is 9.59 Å². The van der Waals surface area contributed by atoms with E-state index in [9.17, 15) is 18.0 Å². The first kappa shape index (κ1) is 23.4. The molecule has 31 heavy (non-hydrogen) atoms. The molecule has 0 bridgehead atoms. The predicted octanol–water partition coefficient (Wildman–Crippen LogP) is 3.46. The van der Waals surface area contributed by atoms with Gasteiger partial charge in [-0.15, -0.1) is 0 Å². The number of thiazole rings is 1. The van der Waals surface area contributed by atoms with Crippen molar-refractivity contribution in [1.82, 2.24) is 4.57 Å². The third-order valence-corrected chi connectivity index (χ3v) is 7.67. The second kappa shape index (κ2) is 10.3. The highest BCUT2D eigenvalue weighted by atomic mass is 79.9. The highest BCUT2D eigenvalue weighted by molar-refractivity contribution is 9.10. The van der Waals surface area contributed by atoms with Crippen molar-refractivity contribution in [3.63, 3.8) is 0 Å². The fourth-order valence-electron chi connectivity index (χ4n) is 2.99. The Hall–Kier alpha value is -2.30. The second-order valence-electron chi connectivity index (χ2n) is 6.85. The number of hydrogen-bond acceptors (Lipinski definition) is 6. The summed E-state index contributed by atoms with van der Waals surface area (Å²) in [6.07, 6.45) is 0.190. The molecule has 1 aromatic heterocycles. The maximum atomic E-state index is 12.4. The molecular weight excluding hydrogens is 504 g/mol. The first-order chi connectivity index (χ1) is 14.8. The third kappa shape index (κ3) is 6.59. The molecule has 0 radical (unpaired) electrons. The molecule has 0 unspecified atom stereocenters. The number of sulfone groups is 1. The van der Waals surface area contributed by atoms with Gasteiger partial charge in [0.25, 0.3) is 0 Å². The van der Waals surface area contributed by atoms with E-state index >= 15 is 0 Å². The normalized spacial score (nSPS) is 12.3. The van der Waals surface area contributed by atoms with Crippen LogP contribution in [0, 0.1) is 0 Å². The van der Waals surface area contributed by atoms with Gasteiger partial charge >= 0.3 is 5.97 Å². The number of nitrogens with zero attached hydrogens (tertiary/aromatic N) is 2. The van der Waals surface area contributed by atoms with Crippen LogP contribution in [0.3, 0.4) is 0 Å². The number of halogens is 1. The summed E-state index contributed by atoms with van der Waals surface area (Å²) in [5.41, 5.74) is 1.48. The molecule has 10 heteroatoms. The Balaban J connectivity index is 1.73. The number of methoxy groups -OCH3 is 1. The number of ether oxygens (including phenoxy) is 1. The predicted molar refractivity (Wildman–Crippen MR) is 123 cm³/mol. The smallest absolute Gasteiger partial charge is 0.325 e. The molecule has 0 aliphatic heterocycles. The minimum absolute atomic E-state index is 0.00415. The van der Waals surface area contributed by atoms with Gasteiger partial charge in [-0.25, -0.2) is 8.42 Å². The molecule has 0 spiro atoms. The van der Waals surface area contributed by atoms with Crippen molar-refractivity contribution in [2.75, 3.05) is 12.9 Å². The zero-order valence-electron chi connectivity index (χ0n) is 16.8. The zero-order valence-corrected chi connectivity index (χ0v) is 20.0. The molecule has 164 valence electrons. The van der Waals surface area contributed by atoms with E-state index in [-0.39, 0.29) is 30.9 Å². The van der Waals surface area contributed by atoms with Crippen molar-refractivity contribution >= 4 is 59.2 Å². The molecule has 0 aliphatic rings. The van der Waals surface area contributed by atoms with E-state index in [0.29, 0.717) is 4.80 Å². The second-order valence-corrected chi connectivity index (χ2v) is 11.0. The fraction of sp³-hybridized carbons (Fsp3) is 0.286. The van der Waals surface area contributed by atoms with Crippen LogP contribution in [0.2, 0.25) is 0 Å². The van der Waals surface area contributed by atoms with E-state index in [2.05, 4.69) is 20.9 Å². The number of amides is 1. The van der Waals surface area contributed by atoms with E-state index < -0.39 is 21.7 Å². The van der Waals surface area contributed by atoms with Crippen molar-refractivity contribution in [3.8, 4) is 0 Å². The Labute approximate surface area is 192 Å². The van der Waals surface area contributed by atoms with Gasteiger partial charge in [0.05, 0.1) is 28.8 Å². The van der Waals surface area contributed by atoms with Gasteiger partial charge in [0.2, 0.25) is 5.91 Å². The summed E-state index contributed by atoms with van der Waals surface area (Å²) in [6.45, 7) is -0.0737. The summed E-state index contributed by atoms with van der Waals surface area (Å²) in [4.78, 5) is 28.7. The van der Waals surface area contributed by atoms with Crippen LogP contribution in [-0.2, 0) is 36.5 Å². The molecule has 1 heterocycles. The highest BCUT2D eigenvalue weighted by Crippen LogP contribution is 2.22. The fourth-order valence-corrected chi connectivity index (χ4v) is 6.01. The Kier molecular flexibility index (Phi) is 7.79. The molecule has 2 aromatic carbocycles. The van der Waals surface area contributed by atoms with Gasteiger partial charge in [-0.1, -0.05) is 57.6 Å². The van der Waals surface area contributed by atoms with Gasteiger partial charge in [0.1, 0.15) is 6.54 Å². The average molecular weight is 525 g/mol. The molecule has 1 amide bonds. The van der Waals surface area contributed by atoms with Crippen LogP contribution < -0.4 is 4.80 Å². The SMILES string of the molecule is COC(=O)Cn1c(=NC(=O)CCCS(=O)(=O)Cc2ccccc2)sc2cc(Br)ccc21. The summed E-state index contributed by atoms with van der Waals surface area (Å²) in [5, 5.41) is 0. The maximum absolute atomic E-state index is 12.4. The molecule has 0 N–H and O–H groups in total. The van der Waals surface area contributed by atoms with Gasteiger partial charge in [-0.2, -0.15) is 4.99 Å². The molecular formula is C21H21BrN2O5S2. The Morgan fingerprint density at radius 2 is 1.90 bits per heavy atom. The number of hydrogen-bond donors (Lipinski definition) is 0. The van der Waals surface area contributed by atoms with Crippen molar-refractivity contribution in [2.45, 2.75) is 25.1 Å². The summed E-state index contributed by atoms with van der Waals surface area (Å²) in [6, 6.07) is 14.5. The minimum atomic E-state index is -3.32. The van der Waals surface area contributed by atoms with Crippen molar-refractivity contribution < 1.29 is 22.7 Å². The lowest BCUT2D eigenvalue weighted by atomic mass is 10.2. The van der Waals surface area contributed by atoms with E-state index in [1.807, 2.05) is 24.3 Å². The van der Waals surface area contributed by atoms with Crippen LogP contribution in [-0.4, -0.2) is 37.7 Å². The topological polar surface area (TPSA) is 94.8 Å². The summed E-state index contributed by atoms with van der Waals surface area (Å²) in [5.74, 6) is -1.03. The van der Waals surface area contributed by atoms with Crippen molar-refractivity contribution in [3.05, 3.63) is 63.4 Å². The first-order valence-corrected chi connectivity index (χ1v) is 12.9. The largest absolute Gasteiger partial charge is 0.468 e. The van der Waals surface area contributed by atoms with Crippen LogP contribution in [0.25, 0.3) is 10.2 Å². The van der Waals surface area contributed by atoms with Crippen LogP contribution in [0.4, 0.5) is 0 Å². The molecule has 3 rings (SSSR count). The van der Waals surface area contributed by atoms with E-state index in [1.54, 1.807) is 28.8 Å². The molecule has 0 aliphatic carbocycles. The molecule has 3 aromatic rings. The van der Waals surface area contributed by atoms with Crippen LogP contribution in [0.5, 0.6) is 0 Å². The van der Waals surface area contributed by atoms with Crippen molar-refractivity contribution in [1.29, 1.82) is 0 Å². The quantitative estimate of drug-likeness (QED) is 0.420. The summed E-state index contributed by atoms with van der Waals surface area (Å²) >= 11 is 4.69. The van der Waals surface area contributed by atoms with Crippen molar-refractivity contribution in [2.24, 2.45) is 4.99 Å². The van der Waals surface area contributed by atoms with Gasteiger partial charge < -0.3 is 9.30 Å². The number of esters is 1. The van der Waals surface area contributed by atoms with Gasteiger partial charge in [-0.05, 0) is 30.2 Å². The van der Waals surface area contributed by atoms with E-state index in [4.69, 9.17) is 4.74 Å². The average Bonchev–Trinajstić information content (AvgIpc) is 3.03. The molecule has 0 saturated heterocycles. The number of fused-ring (bicyclic) bond motifs is 1. The molecule has 0 atom stereocenters. The summed E-state index contributed by atoms with van der Waals surface area (Å²) < 4.78 is 32.7. The molecule has 7 nitrogen and oxygen atoms in total. The lowest BCUT2D eigenvalue weighted by Crippen LogP contribution is -2.22. The zero-order chi connectivity index (χ0) is 22.4. The Morgan fingerprint density at radius 1 is 1.16 bits per heavy atom. The van der Waals surface area contributed by atoms with Crippen LogP contribution in [0.15, 0.2) is 58.0 Å². The van der Waals surface area contributed by atoms with E-state index in [0.717, 1.165) is 20.3 Å². The number of carbonyl (C=O) groups is 2. The maximum Gasteiger partial charge on any atom is 0.325 e. The van der Waals surface area contributed by atoms with Crippen LogP contribution in [0.1, 0.15) is 18.4 Å². The molecule has 0 fully saturated rings. The highest BCUT2D eigenvalue weighted by Gasteiger charge is 2.15. The number of benzene rings is 2. The Bertz CT molecular complexity index is 1260. The van der Waals surface area contributed by atoms with Gasteiger partial charge in [0, 0.05) is 10.9 Å². The lowest BCUT2D eigenvalue weighted by molar-refractivity contribution is -0.141. The van der Waals surface area contributed by atoms with Gasteiger partial charge in [0.15, 0.2) is 14.6 Å². The summed E-state index contributed by atoms with van der Waals surface area (Å²) in [7, 11) is -2.02. The van der Waals surface area contributed by atoms with Crippen LogP contribution >= 0.6 is 27.3 Å². The lowest BCUT2D eigenvalue weighted by Gasteiger charge is -2.04.